The van der Waals surface area contributed by atoms with Crippen LogP contribution < -0.4 is 4.90 Å². The Kier molecular flexibility index (Phi) is 3.96. The topological polar surface area (TPSA) is 23.5 Å². The van der Waals surface area contributed by atoms with E-state index in [4.69, 9.17) is 0 Å². The molecule has 0 aliphatic carbocycles. The van der Waals surface area contributed by atoms with Crippen molar-refractivity contribution < 1.29 is 5.11 Å². The molecule has 0 fully saturated rings. The van der Waals surface area contributed by atoms with Crippen molar-refractivity contribution in [2.45, 2.75) is 46.1 Å². The van der Waals surface area contributed by atoms with E-state index in [-0.39, 0.29) is 12.0 Å². The maximum Gasteiger partial charge on any atom is 0.0501 e. The predicted molar refractivity (Wildman–Crippen MR) is 77.1 cm³/mol. The summed E-state index contributed by atoms with van der Waals surface area (Å²) in [6, 6.07) is 9.26. The van der Waals surface area contributed by atoms with E-state index in [1.54, 1.807) is 0 Å². The summed E-state index contributed by atoms with van der Waals surface area (Å²) in [4.78, 5) is 2.48. The van der Waals surface area contributed by atoms with Crippen LogP contribution in [0.3, 0.4) is 0 Å². The van der Waals surface area contributed by atoms with E-state index in [0.29, 0.717) is 6.04 Å². The summed E-state index contributed by atoms with van der Waals surface area (Å²) < 4.78 is 0. The van der Waals surface area contributed by atoms with E-state index >= 15 is 0 Å². The molecule has 0 radical (unpaired) electrons. The first-order chi connectivity index (χ1) is 8.59. The van der Waals surface area contributed by atoms with Crippen molar-refractivity contribution in [3.05, 3.63) is 29.8 Å². The number of aryl methyl sites for hydroxylation is 1. The summed E-state index contributed by atoms with van der Waals surface area (Å²) >= 11 is 0. The van der Waals surface area contributed by atoms with Crippen molar-refractivity contribution in [3.63, 3.8) is 0 Å². The summed E-state index contributed by atoms with van der Waals surface area (Å²) in [6.07, 6.45) is 3.40. The molecule has 2 unspecified atom stereocenters. The quantitative estimate of drug-likeness (QED) is 0.883. The normalized spacial score (nSPS) is 22.4. The van der Waals surface area contributed by atoms with Gasteiger partial charge in [-0.2, -0.15) is 0 Å². The summed E-state index contributed by atoms with van der Waals surface area (Å²) in [7, 11) is 0. The monoisotopic (exact) mass is 247 g/mol. The average molecular weight is 247 g/mol. The highest BCUT2D eigenvalue weighted by Gasteiger charge is 2.30. The summed E-state index contributed by atoms with van der Waals surface area (Å²) in [6.45, 7) is 7.84. The van der Waals surface area contributed by atoms with Gasteiger partial charge in [0.2, 0.25) is 0 Å². The Labute approximate surface area is 111 Å². The van der Waals surface area contributed by atoms with Gasteiger partial charge in [0.25, 0.3) is 0 Å². The van der Waals surface area contributed by atoms with E-state index in [0.717, 1.165) is 13.0 Å². The third-order valence-corrected chi connectivity index (χ3v) is 4.45. The fourth-order valence-corrected chi connectivity index (χ4v) is 2.69. The Morgan fingerprint density at radius 3 is 2.78 bits per heavy atom. The van der Waals surface area contributed by atoms with Crippen LogP contribution in [0.25, 0.3) is 0 Å². The van der Waals surface area contributed by atoms with E-state index in [1.165, 1.54) is 24.1 Å². The molecule has 1 heterocycles. The number of hydrogen-bond donors (Lipinski definition) is 1. The Bertz CT molecular complexity index is 398. The fourth-order valence-electron chi connectivity index (χ4n) is 2.69. The van der Waals surface area contributed by atoms with Gasteiger partial charge in [-0.1, -0.05) is 32.0 Å². The minimum atomic E-state index is -0.00128. The third-order valence-electron chi connectivity index (χ3n) is 4.45. The summed E-state index contributed by atoms with van der Waals surface area (Å²) in [5, 5.41) is 9.62. The van der Waals surface area contributed by atoms with E-state index in [9.17, 15) is 5.11 Å². The molecule has 1 N–H and O–H groups in total. The smallest absolute Gasteiger partial charge is 0.0501 e. The van der Waals surface area contributed by atoms with Crippen molar-refractivity contribution in [3.8, 4) is 0 Å². The zero-order chi connectivity index (χ0) is 13.2. The third kappa shape index (κ3) is 2.54. The van der Waals surface area contributed by atoms with Crippen LogP contribution in [0, 0.1) is 5.41 Å². The number of rotatable bonds is 4. The molecule has 0 saturated heterocycles. The predicted octanol–water partition coefficient (Wildman–Crippen LogP) is 3.24. The molecule has 1 aliphatic rings. The number of aliphatic hydroxyl groups is 1. The first-order valence-corrected chi connectivity index (χ1v) is 7.05. The second-order valence-electron chi connectivity index (χ2n) is 5.97. The van der Waals surface area contributed by atoms with Crippen LogP contribution in [-0.4, -0.2) is 24.3 Å². The molecule has 1 aliphatic heterocycles. The Hall–Kier alpha value is -1.02. The van der Waals surface area contributed by atoms with Crippen LogP contribution in [0.15, 0.2) is 24.3 Å². The van der Waals surface area contributed by atoms with Gasteiger partial charge < -0.3 is 10.0 Å². The van der Waals surface area contributed by atoms with E-state index < -0.39 is 0 Å². The lowest BCUT2D eigenvalue weighted by Crippen LogP contribution is -2.45. The maximum atomic E-state index is 9.62. The van der Waals surface area contributed by atoms with Crippen molar-refractivity contribution in [2.24, 2.45) is 5.41 Å². The molecule has 100 valence electrons. The molecule has 2 atom stereocenters. The molecule has 18 heavy (non-hydrogen) atoms. The molecule has 0 spiro atoms. The highest BCUT2D eigenvalue weighted by Crippen LogP contribution is 2.34. The molecule has 1 aromatic carbocycles. The maximum absolute atomic E-state index is 9.62. The zero-order valence-corrected chi connectivity index (χ0v) is 11.8. The van der Waals surface area contributed by atoms with Crippen molar-refractivity contribution in [1.29, 1.82) is 0 Å². The van der Waals surface area contributed by atoms with Crippen LogP contribution in [0.1, 0.15) is 39.2 Å². The van der Waals surface area contributed by atoms with Gasteiger partial charge in [0.1, 0.15) is 0 Å². The lowest BCUT2D eigenvalue weighted by molar-refractivity contribution is 0.140. The molecular formula is C16H25NO. The second-order valence-corrected chi connectivity index (χ2v) is 5.97. The van der Waals surface area contributed by atoms with Gasteiger partial charge in [-0.05, 0) is 37.8 Å². The van der Waals surface area contributed by atoms with Crippen LogP contribution in [0.2, 0.25) is 0 Å². The number of anilines is 1. The molecule has 0 aromatic heterocycles. The Morgan fingerprint density at radius 2 is 2.11 bits per heavy atom. The van der Waals surface area contributed by atoms with E-state index in [2.05, 4.69) is 49.9 Å². The van der Waals surface area contributed by atoms with Gasteiger partial charge in [0.05, 0.1) is 6.61 Å². The van der Waals surface area contributed by atoms with Crippen LogP contribution in [0.5, 0.6) is 0 Å². The first-order valence-electron chi connectivity index (χ1n) is 7.05. The summed E-state index contributed by atoms with van der Waals surface area (Å²) in [5.41, 5.74) is 2.81. The molecule has 2 nitrogen and oxygen atoms in total. The highest BCUT2D eigenvalue weighted by atomic mass is 16.3. The van der Waals surface area contributed by atoms with Gasteiger partial charge in [-0.25, -0.2) is 0 Å². The molecule has 1 aromatic rings. The van der Waals surface area contributed by atoms with Crippen molar-refractivity contribution in [2.75, 3.05) is 18.1 Å². The SMILES string of the molecule is CCC(C)(CO)CN1c2ccccc2CCC1C. The molecule has 0 amide bonds. The lowest BCUT2D eigenvalue weighted by atomic mass is 9.85. The number of benzene rings is 1. The van der Waals surface area contributed by atoms with Gasteiger partial charge in [-0.15, -0.1) is 0 Å². The average Bonchev–Trinajstić information content (AvgIpc) is 2.42. The van der Waals surface area contributed by atoms with Crippen LogP contribution in [-0.2, 0) is 6.42 Å². The summed E-state index contributed by atoms with van der Waals surface area (Å²) in [5.74, 6) is 0. The number of nitrogens with zero attached hydrogens (tertiary/aromatic N) is 1. The van der Waals surface area contributed by atoms with Gasteiger partial charge in [-0.3, -0.25) is 0 Å². The standard InChI is InChI=1S/C16H25NO/c1-4-16(3,12-18)11-17-13(2)9-10-14-7-5-6-8-15(14)17/h5-8,13,18H,4,9-12H2,1-3H3. The van der Waals surface area contributed by atoms with E-state index in [1.807, 2.05) is 0 Å². The minimum Gasteiger partial charge on any atom is -0.396 e. The van der Waals surface area contributed by atoms with Crippen LogP contribution >= 0.6 is 0 Å². The Morgan fingerprint density at radius 1 is 1.39 bits per heavy atom. The number of para-hydroxylation sites is 1. The van der Waals surface area contributed by atoms with Gasteiger partial charge in [0.15, 0.2) is 0 Å². The number of aliphatic hydroxyl groups excluding tert-OH is 1. The zero-order valence-electron chi connectivity index (χ0n) is 11.8. The fraction of sp³-hybridized carbons (Fsp3) is 0.625. The first kappa shape index (κ1) is 13.4. The second kappa shape index (κ2) is 5.31. The molecular weight excluding hydrogens is 222 g/mol. The Balaban J connectivity index is 2.27. The number of fused-ring (bicyclic) bond motifs is 1. The van der Waals surface area contributed by atoms with Crippen molar-refractivity contribution >= 4 is 5.69 Å². The molecule has 2 rings (SSSR count). The lowest BCUT2D eigenvalue weighted by Gasteiger charge is -2.42. The van der Waals surface area contributed by atoms with Gasteiger partial charge in [0, 0.05) is 23.7 Å². The van der Waals surface area contributed by atoms with Crippen LogP contribution in [0.4, 0.5) is 5.69 Å². The number of hydrogen-bond acceptors (Lipinski definition) is 2. The van der Waals surface area contributed by atoms with Gasteiger partial charge >= 0.3 is 0 Å². The minimum absolute atomic E-state index is 0.00128. The van der Waals surface area contributed by atoms with Crippen molar-refractivity contribution in [1.82, 2.24) is 0 Å². The molecule has 0 bridgehead atoms. The molecule has 0 saturated carbocycles. The largest absolute Gasteiger partial charge is 0.396 e. The highest BCUT2D eigenvalue weighted by molar-refractivity contribution is 5.56. The molecule has 2 heteroatoms.